The average molecular weight is 287 g/mol. The van der Waals surface area contributed by atoms with Crippen molar-refractivity contribution in [2.45, 2.75) is 19.6 Å². The van der Waals surface area contributed by atoms with Gasteiger partial charge in [0.25, 0.3) is 5.91 Å². The van der Waals surface area contributed by atoms with Crippen LogP contribution >= 0.6 is 0 Å². The fraction of sp³-hybridized carbons (Fsp3) is 0.312. The smallest absolute Gasteiger partial charge is 0.268 e. The van der Waals surface area contributed by atoms with Crippen LogP contribution in [0.25, 0.3) is 0 Å². The quantitative estimate of drug-likeness (QED) is 0.811. The van der Waals surface area contributed by atoms with Gasteiger partial charge in [-0.2, -0.15) is 0 Å². The summed E-state index contributed by atoms with van der Waals surface area (Å²) in [5.41, 5.74) is 8.34. The van der Waals surface area contributed by atoms with Crippen molar-refractivity contribution in [2.24, 2.45) is 5.73 Å². The van der Waals surface area contributed by atoms with Crippen LogP contribution in [0.1, 0.15) is 21.6 Å². The Labute approximate surface area is 124 Å². The monoisotopic (exact) mass is 287 g/mol. The number of carbonyl (C=O) groups is 1. The molecule has 5 heteroatoms. The molecule has 0 unspecified atom stereocenters. The highest BCUT2D eigenvalue weighted by Crippen LogP contribution is 2.06. The van der Waals surface area contributed by atoms with Gasteiger partial charge in [-0.25, -0.2) is 0 Å². The number of nitrogens with zero attached hydrogens (tertiary/aromatic N) is 1. The molecule has 1 heterocycles. The van der Waals surface area contributed by atoms with E-state index in [1.54, 1.807) is 7.11 Å². The first-order valence-electron chi connectivity index (χ1n) is 6.94. The molecule has 1 aromatic heterocycles. The molecule has 3 N–H and O–H groups in total. The maximum absolute atomic E-state index is 12.2. The molecule has 2 aromatic rings. The molecule has 0 saturated carbocycles. The van der Waals surface area contributed by atoms with Gasteiger partial charge in [0.05, 0.1) is 6.61 Å². The Bertz CT molecular complexity index is 575. The lowest BCUT2D eigenvalue weighted by Crippen LogP contribution is -2.25. The highest BCUT2D eigenvalue weighted by Gasteiger charge is 2.10. The second-order valence-corrected chi connectivity index (χ2v) is 4.78. The van der Waals surface area contributed by atoms with Crippen molar-refractivity contribution in [3.05, 3.63) is 59.4 Å². The second kappa shape index (κ2) is 7.61. The van der Waals surface area contributed by atoms with Crippen LogP contribution in [-0.2, 0) is 24.4 Å². The molecule has 0 aliphatic heterocycles. The zero-order valence-electron chi connectivity index (χ0n) is 12.2. The Balaban J connectivity index is 1.93. The lowest BCUT2D eigenvalue weighted by molar-refractivity contribution is 0.0939. The Morgan fingerprint density at radius 1 is 1.24 bits per heavy atom. The first-order chi connectivity index (χ1) is 10.2. The summed E-state index contributed by atoms with van der Waals surface area (Å²) in [5.74, 6) is -0.0843. The van der Waals surface area contributed by atoms with E-state index in [9.17, 15) is 4.79 Å². The summed E-state index contributed by atoms with van der Waals surface area (Å²) >= 11 is 0. The third-order valence-electron chi connectivity index (χ3n) is 3.31. The second-order valence-electron chi connectivity index (χ2n) is 4.78. The van der Waals surface area contributed by atoms with E-state index in [2.05, 4.69) is 5.32 Å². The molecular weight excluding hydrogens is 266 g/mol. The average Bonchev–Trinajstić information content (AvgIpc) is 2.99. The molecular formula is C16H21N3O2. The lowest BCUT2D eigenvalue weighted by atomic mass is 10.1. The predicted molar refractivity (Wildman–Crippen MR) is 81.8 cm³/mol. The normalized spacial score (nSPS) is 10.6. The molecule has 21 heavy (non-hydrogen) atoms. The number of carbonyl (C=O) groups excluding carboxylic acids is 1. The molecule has 5 nitrogen and oxygen atoms in total. The van der Waals surface area contributed by atoms with Crippen LogP contribution < -0.4 is 11.1 Å². The van der Waals surface area contributed by atoms with E-state index in [-0.39, 0.29) is 5.91 Å². The van der Waals surface area contributed by atoms with Gasteiger partial charge in [0.1, 0.15) is 5.69 Å². The minimum absolute atomic E-state index is 0.0843. The fourth-order valence-electron chi connectivity index (χ4n) is 2.07. The molecule has 0 saturated heterocycles. The van der Waals surface area contributed by atoms with E-state index in [0.29, 0.717) is 31.9 Å². The molecule has 0 spiro atoms. The van der Waals surface area contributed by atoms with Gasteiger partial charge in [0.2, 0.25) is 0 Å². The molecule has 112 valence electrons. The van der Waals surface area contributed by atoms with E-state index in [4.69, 9.17) is 10.5 Å². The molecule has 0 aliphatic carbocycles. The Morgan fingerprint density at radius 3 is 2.62 bits per heavy atom. The summed E-state index contributed by atoms with van der Waals surface area (Å²) < 4.78 is 6.92. The number of ether oxygens (including phenoxy) is 1. The summed E-state index contributed by atoms with van der Waals surface area (Å²) in [6.07, 6.45) is 1.88. The summed E-state index contributed by atoms with van der Waals surface area (Å²) in [7, 11) is 1.65. The predicted octanol–water partition coefficient (Wildman–Crippen LogP) is 1.52. The number of nitrogens with one attached hydrogen (secondary N) is 1. The molecule has 0 atom stereocenters. The van der Waals surface area contributed by atoms with Crippen LogP contribution in [0.2, 0.25) is 0 Å². The number of aromatic nitrogens is 1. The van der Waals surface area contributed by atoms with E-state index < -0.39 is 0 Å². The van der Waals surface area contributed by atoms with Gasteiger partial charge >= 0.3 is 0 Å². The van der Waals surface area contributed by atoms with Gasteiger partial charge in [0, 0.05) is 32.9 Å². The summed E-state index contributed by atoms with van der Waals surface area (Å²) in [5, 5.41) is 2.92. The van der Waals surface area contributed by atoms with Crippen LogP contribution in [0.4, 0.5) is 0 Å². The number of benzene rings is 1. The maximum atomic E-state index is 12.2. The Kier molecular flexibility index (Phi) is 5.54. The third kappa shape index (κ3) is 4.18. The first kappa shape index (κ1) is 15.3. The molecule has 0 bridgehead atoms. The highest BCUT2D eigenvalue weighted by atomic mass is 16.5. The van der Waals surface area contributed by atoms with Crippen molar-refractivity contribution in [1.82, 2.24) is 9.88 Å². The number of methoxy groups -OCH3 is 1. The van der Waals surface area contributed by atoms with Gasteiger partial charge in [-0.15, -0.1) is 0 Å². The van der Waals surface area contributed by atoms with Crippen LogP contribution in [-0.4, -0.2) is 24.2 Å². The molecule has 0 aliphatic rings. The van der Waals surface area contributed by atoms with Crippen LogP contribution in [0, 0.1) is 0 Å². The first-order valence-corrected chi connectivity index (χ1v) is 6.94. The SMILES string of the molecule is COCCn1cccc1C(=O)NCc1ccc(CN)cc1. The highest BCUT2D eigenvalue weighted by molar-refractivity contribution is 5.92. The van der Waals surface area contributed by atoms with Gasteiger partial charge in [0.15, 0.2) is 0 Å². The van der Waals surface area contributed by atoms with Crippen molar-refractivity contribution in [3.63, 3.8) is 0 Å². The van der Waals surface area contributed by atoms with Gasteiger partial charge in [-0.3, -0.25) is 4.79 Å². The van der Waals surface area contributed by atoms with Crippen molar-refractivity contribution < 1.29 is 9.53 Å². The van der Waals surface area contributed by atoms with Gasteiger partial charge < -0.3 is 20.4 Å². The van der Waals surface area contributed by atoms with E-state index >= 15 is 0 Å². The van der Waals surface area contributed by atoms with Crippen LogP contribution in [0.15, 0.2) is 42.6 Å². The summed E-state index contributed by atoms with van der Waals surface area (Å²) in [4.78, 5) is 12.2. The van der Waals surface area contributed by atoms with Crippen molar-refractivity contribution >= 4 is 5.91 Å². The zero-order valence-corrected chi connectivity index (χ0v) is 12.2. The minimum atomic E-state index is -0.0843. The largest absolute Gasteiger partial charge is 0.383 e. The molecule has 1 aromatic carbocycles. The van der Waals surface area contributed by atoms with Gasteiger partial charge in [-0.05, 0) is 23.3 Å². The maximum Gasteiger partial charge on any atom is 0.268 e. The molecule has 2 rings (SSSR count). The molecule has 1 amide bonds. The minimum Gasteiger partial charge on any atom is -0.383 e. The summed E-state index contributed by atoms with van der Waals surface area (Å²) in [6.45, 7) is 2.27. The number of hydrogen-bond donors (Lipinski definition) is 2. The van der Waals surface area contributed by atoms with Crippen LogP contribution in [0.5, 0.6) is 0 Å². The summed E-state index contributed by atoms with van der Waals surface area (Å²) in [6, 6.07) is 11.6. The Hall–Kier alpha value is -2.11. The van der Waals surface area contributed by atoms with E-state index in [1.165, 1.54) is 0 Å². The Morgan fingerprint density at radius 2 is 1.95 bits per heavy atom. The van der Waals surface area contributed by atoms with Crippen molar-refractivity contribution in [2.75, 3.05) is 13.7 Å². The van der Waals surface area contributed by atoms with E-state index in [0.717, 1.165) is 11.1 Å². The third-order valence-corrected chi connectivity index (χ3v) is 3.31. The zero-order chi connectivity index (χ0) is 15.1. The standard InChI is InChI=1S/C16H21N3O2/c1-21-10-9-19-8-2-3-15(19)16(20)18-12-14-6-4-13(11-17)5-7-14/h2-8H,9-12,17H2,1H3,(H,18,20). The number of amides is 1. The number of hydrogen-bond acceptors (Lipinski definition) is 3. The van der Waals surface area contributed by atoms with Crippen LogP contribution in [0.3, 0.4) is 0 Å². The van der Waals surface area contributed by atoms with Crippen molar-refractivity contribution in [3.8, 4) is 0 Å². The fourth-order valence-corrected chi connectivity index (χ4v) is 2.07. The van der Waals surface area contributed by atoms with E-state index in [1.807, 2.05) is 47.2 Å². The molecule has 0 fully saturated rings. The van der Waals surface area contributed by atoms with Gasteiger partial charge in [-0.1, -0.05) is 24.3 Å². The van der Waals surface area contributed by atoms with Crippen molar-refractivity contribution in [1.29, 1.82) is 0 Å². The molecule has 0 radical (unpaired) electrons. The topological polar surface area (TPSA) is 69.3 Å². The number of rotatable bonds is 7. The lowest BCUT2D eigenvalue weighted by Gasteiger charge is -2.09. The number of nitrogens with two attached hydrogens (primary N) is 1.